The van der Waals surface area contributed by atoms with Crippen molar-refractivity contribution < 1.29 is 23.0 Å². The number of carbonyl (C=O) groups is 1. The van der Waals surface area contributed by atoms with Crippen LogP contribution in [-0.2, 0) is 19.7 Å². The molecule has 0 atom stereocenters. The zero-order chi connectivity index (χ0) is 28.5. The topological polar surface area (TPSA) is 71.0 Å². The van der Waals surface area contributed by atoms with Gasteiger partial charge in [0.25, 0.3) is 0 Å². The van der Waals surface area contributed by atoms with E-state index in [1.54, 1.807) is 4.90 Å². The molecule has 0 radical (unpaired) electrons. The number of hydrogen-bond acceptors (Lipinski definition) is 7. The van der Waals surface area contributed by atoms with Crippen LogP contribution >= 0.6 is 0 Å². The minimum atomic E-state index is -0.699. The lowest BCUT2D eigenvalue weighted by molar-refractivity contribution is -0.117. The molecule has 216 valence electrons. The summed E-state index contributed by atoms with van der Waals surface area (Å²) in [4.78, 5) is 29.0. The van der Waals surface area contributed by atoms with E-state index in [-0.39, 0.29) is 27.6 Å². The summed E-state index contributed by atoms with van der Waals surface area (Å²) in [6.07, 6.45) is 3.92. The van der Waals surface area contributed by atoms with Crippen molar-refractivity contribution in [2.75, 3.05) is 67.3 Å². The molecule has 3 fully saturated rings. The van der Waals surface area contributed by atoms with Crippen molar-refractivity contribution in [3.63, 3.8) is 0 Å². The van der Waals surface area contributed by atoms with Crippen molar-refractivity contribution in [2.45, 2.75) is 45.4 Å². The van der Waals surface area contributed by atoms with Crippen LogP contribution in [0.2, 0.25) is 0 Å². The van der Waals surface area contributed by atoms with E-state index in [2.05, 4.69) is 15.9 Å². The fourth-order valence-electron chi connectivity index (χ4n) is 7.11. The highest BCUT2D eigenvalue weighted by atomic mass is 19.1. The van der Waals surface area contributed by atoms with Gasteiger partial charge in [0.05, 0.1) is 53.1 Å². The SMILES string of the molecule is Cc1c(N2CC(C)(C)CC2=O)nc2cc(F)cc(F)c2c1N1CC2(CCOCC2)c2ncc(N3CCOCC3)cc21. The molecule has 0 unspecified atom stereocenters. The fourth-order valence-corrected chi connectivity index (χ4v) is 7.11. The van der Waals surface area contributed by atoms with Gasteiger partial charge < -0.3 is 19.3 Å². The molecule has 6 heterocycles. The lowest BCUT2D eigenvalue weighted by atomic mass is 9.78. The van der Waals surface area contributed by atoms with Gasteiger partial charge in [-0.1, -0.05) is 13.8 Å². The Bertz CT molecular complexity index is 1550. The molecular formula is C31H35F2N5O3. The van der Waals surface area contributed by atoms with Crippen LogP contribution in [0.15, 0.2) is 24.4 Å². The van der Waals surface area contributed by atoms with Crippen LogP contribution < -0.4 is 14.7 Å². The summed E-state index contributed by atoms with van der Waals surface area (Å²) in [5.74, 6) is -0.945. The van der Waals surface area contributed by atoms with E-state index in [0.717, 1.165) is 49.1 Å². The third kappa shape index (κ3) is 4.34. The second-order valence-electron chi connectivity index (χ2n) is 12.7. The third-order valence-corrected chi connectivity index (χ3v) is 9.16. The Labute approximate surface area is 238 Å². The Hall–Kier alpha value is -3.37. The number of aromatic nitrogens is 2. The number of ether oxygens (including phenoxy) is 2. The average molecular weight is 564 g/mol. The number of carbonyl (C=O) groups excluding carboxylic acids is 1. The first kappa shape index (κ1) is 26.5. The molecule has 0 bridgehead atoms. The second-order valence-corrected chi connectivity index (χ2v) is 12.7. The van der Waals surface area contributed by atoms with Gasteiger partial charge in [-0.15, -0.1) is 0 Å². The summed E-state index contributed by atoms with van der Waals surface area (Å²) in [5.41, 5.74) is 3.89. The molecule has 0 N–H and O–H groups in total. The smallest absolute Gasteiger partial charge is 0.228 e. The Morgan fingerprint density at radius 2 is 1.68 bits per heavy atom. The van der Waals surface area contributed by atoms with Crippen LogP contribution in [0.1, 0.15) is 44.4 Å². The lowest BCUT2D eigenvalue weighted by Gasteiger charge is -2.34. The molecule has 4 aliphatic heterocycles. The van der Waals surface area contributed by atoms with Gasteiger partial charge in [0.15, 0.2) is 0 Å². The predicted molar refractivity (Wildman–Crippen MR) is 153 cm³/mol. The molecule has 1 aromatic carbocycles. The normalized spacial score (nSPS) is 21.8. The van der Waals surface area contributed by atoms with Crippen molar-refractivity contribution in [3.8, 4) is 0 Å². The molecule has 2 aromatic heterocycles. The van der Waals surface area contributed by atoms with E-state index in [1.807, 2.05) is 27.0 Å². The number of amides is 1. The molecular weight excluding hydrogens is 528 g/mol. The summed E-state index contributed by atoms with van der Waals surface area (Å²) < 4.78 is 41.7. The van der Waals surface area contributed by atoms with Crippen molar-refractivity contribution >= 4 is 39.7 Å². The van der Waals surface area contributed by atoms with Gasteiger partial charge in [-0.05, 0) is 31.2 Å². The van der Waals surface area contributed by atoms with Crippen molar-refractivity contribution in [1.29, 1.82) is 0 Å². The van der Waals surface area contributed by atoms with Crippen molar-refractivity contribution in [1.82, 2.24) is 9.97 Å². The quantitative estimate of drug-likeness (QED) is 0.444. The van der Waals surface area contributed by atoms with Crippen LogP contribution in [0.3, 0.4) is 0 Å². The monoisotopic (exact) mass is 563 g/mol. The van der Waals surface area contributed by atoms with Gasteiger partial charge in [0.2, 0.25) is 5.91 Å². The van der Waals surface area contributed by atoms with E-state index in [0.29, 0.717) is 63.0 Å². The highest BCUT2D eigenvalue weighted by molar-refractivity contribution is 6.03. The first-order valence-electron chi connectivity index (χ1n) is 14.4. The van der Waals surface area contributed by atoms with E-state index < -0.39 is 11.6 Å². The van der Waals surface area contributed by atoms with E-state index >= 15 is 4.39 Å². The predicted octanol–water partition coefficient (Wildman–Crippen LogP) is 5.02. The van der Waals surface area contributed by atoms with Crippen molar-refractivity contribution in [3.05, 3.63) is 47.3 Å². The number of rotatable bonds is 3. The largest absolute Gasteiger partial charge is 0.381 e. The molecule has 41 heavy (non-hydrogen) atoms. The molecule has 3 aromatic rings. The Kier molecular flexibility index (Phi) is 6.20. The number of halogens is 2. The standard InChI is InChI=1S/C31H35F2N5O3/c1-19-27(26-22(33)12-20(32)13-23(26)35-29(19)38-17-30(2,3)15-25(38)39)37-18-31(4-8-40-9-5-31)28-24(37)14-21(16-34-28)36-6-10-41-11-7-36/h12-14,16H,4-11,15,17-18H2,1-3H3. The highest BCUT2D eigenvalue weighted by Gasteiger charge is 2.47. The Balaban J connectivity index is 1.45. The summed E-state index contributed by atoms with van der Waals surface area (Å²) in [7, 11) is 0. The third-order valence-electron chi connectivity index (χ3n) is 9.16. The molecule has 7 rings (SSSR count). The van der Waals surface area contributed by atoms with E-state index in [9.17, 15) is 9.18 Å². The summed E-state index contributed by atoms with van der Waals surface area (Å²) in [6.45, 7) is 11.1. The fraction of sp³-hybridized carbons (Fsp3) is 0.516. The van der Waals surface area contributed by atoms with Gasteiger partial charge in [-0.3, -0.25) is 14.7 Å². The maximum absolute atomic E-state index is 15.8. The molecule has 8 nitrogen and oxygen atoms in total. The summed E-state index contributed by atoms with van der Waals surface area (Å²) in [6, 6.07) is 4.33. The van der Waals surface area contributed by atoms with Gasteiger partial charge in [-0.25, -0.2) is 13.8 Å². The number of fused-ring (bicyclic) bond motifs is 3. The molecule has 10 heteroatoms. The van der Waals surface area contributed by atoms with Crippen LogP contribution in [0.25, 0.3) is 10.9 Å². The van der Waals surface area contributed by atoms with Crippen LogP contribution in [-0.4, -0.2) is 68.5 Å². The van der Waals surface area contributed by atoms with Crippen molar-refractivity contribution in [2.24, 2.45) is 5.41 Å². The van der Waals surface area contributed by atoms with Crippen LogP contribution in [0.4, 0.5) is 31.7 Å². The Morgan fingerprint density at radius 1 is 0.951 bits per heavy atom. The minimum absolute atomic E-state index is 0.0354. The first-order chi connectivity index (χ1) is 19.7. The molecule has 1 amide bonds. The second kappa shape index (κ2) is 9.59. The van der Waals surface area contributed by atoms with E-state index in [4.69, 9.17) is 19.4 Å². The maximum atomic E-state index is 15.8. The minimum Gasteiger partial charge on any atom is -0.381 e. The van der Waals surface area contributed by atoms with Gasteiger partial charge >= 0.3 is 0 Å². The van der Waals surface area contributed by atoms with Crippen LogP contribution in [0, 0.1) is 24.0 Å². The van der Waals surface area contributed by atoms with Gasteiger partial charge in [0, 0.05) is 68.9 Å². The summed E-state index contributed by atoms with van der Waals surface area (Å²) >= 11 is 0. The number of anilines is 4. The number of nitrogens with zero attached hydrogens (tertiary/aromatic N) is 5. The highest BCUT2D eigenvalue weighted by Crippen LogP contribution is 2.52. The lowest BCUT2D eigenvalue weighted by Crippen LogP contribution is -2.38. The van der Waals surface area contributed by atoms with Gasteiger partial charge in [0.1, 0.15) is 17.5 Å². The van der Waals surface area contributed by atoms with Gasteiger partial charge in [-0.2, -0.15) is 0 Å². The maximum Gasteiger partial charge on any atom is 0.228 e. The zero-order valence-corrected chi connectivity index (χ0v) is 23.8. The molecule has 1 spiro atoms. The first-order valence-corrected chi connectivity index (χ1v) is 14.4. The molecule has 0 aliphatic carbocycles. The molecule has 0 saturated carbocycles. The molecule has 3 saturated heterocycles. The zero-order valence-electron chi connectivity index (χ0n) is 23.8. The Morgan fingerprint density at radius 3 is 2.39 bits per heavy atom. The van der Waals surface area contributed by atoms with Crippen LogP contribution in [0.5, 0.6) is 0 Å². The average Bonchev–Trinajstić information content (AvgIpc) is 3.40. The summed E-state index contributed by atoms with van der Waals surface area (Å²) in [5, 5.41) is 0.255. The van der Waals surface area contributed by atoms with E-state index in [1.165, 1.54) is 6.07 Å². The molecule has 4 aliphatic rings. The number of pyridine rings is 2. The number of hydrogen-bond donors (Lipinski definition) is 0. The number of benzene rings is 1. The number of morpholine rings is 1.